The van der Waals surface area contributed by atoms with E-state index in [2.05, 4.69) is 4.98 Å². The zero-order valence-corrected chi connectivity index (χ0v) is 10.5. The Morgan fingerprint density at radius 2 is 1.81 bits per heavy atom. The molecule has 0 bridgehead atoms. The van der Waals surface area contributed by atoms with Crippen LogP contribution >= 0.6 is 35.0 Å². The van der Waals surface area contributed by atoms with Crippen molar-refractivity contribution in [3.63, 3.8) is 0 Å². The maximum atomic E-state index is 6.04. The molecule has 0 aliphatic rings. The second kappa shape index (κ2) is 4.95. The largest absolute Gasteiger partial charge is 0.397 e. The molecule has 0 saturated carbocycles. The molecule has 0 atom stereocenters. The molecule has 2 N–H and O–H groups in total. The minimum atomic E-state index is 0.420. The highest BCUT2D eigenvalue weighted by molar-refractivity contribution is 7.99. The van der Waals surface area contributed by atoms with Crippen molar-refractivity contribution in [3.05, 3.63) is 46.6 Å². The predicted molar refractivity (Wildman–Crippen MR) is 69.2 cm³/mol. The van der Waals surface area contributed by atoms with Gasteiger partial charge in [0.2, 0.25) is 0 Å². The van der Waals surface area contributed by atoms with E-state index >= 15 is 0 Å². The molecule has 0 fully saturated rings. The Hall–Kier alpha value is -0.900. The van der Waals surface area contributed by atoms with Gasteiger partial charge in [-0.05, 0) is 24.3 Å². The normalized spacial score (nSPS) is 10.4. The maximum Gasteiger partial charge on any atom is 0.130 e. The van der Waals surface area contributed by atoms with Crippen LogP contribution in [0.5, 0.6) is 0 Å². The number of nitrogens with zero attached hydrogens (tertiary/aromatic N) is 1. The fourth-order valence-electron chi connectivity index (χ4n) is 1.14. The van der Waals surface area contributed by atoms with E-state index in [9.17, 15) is 0 Å². The van der Waals surface area contributed by atoms with Crippen molar-refractivity contribution in [1.82, 2.24) is 4.98 Å². The highest BCUT2D eigenvalue weighted by Crippen LogP contribution is 2.35. The lowest BCUT2D eigenvalue weighted by Crippen LogP contribution is -1.91. The minimum Gasteiger partial charge on any atom is -0.397 e. The topological polar surface area (TPSA) is 38.9 Å². The monoisotopic (exact) mass is 270 g/mol. The molecule has 0 spiro atoms. The number of nitrogens with two attached hydrogens (primary N) is 1. The zero-order chi connectivity index (χ0) is 11.5. The van der Waals surface area contributed by atoms with Gasteiger partial charge in [0, 0.05) is 4.90 Å². The van der Waals surface area contributed by atoms with E-state index in [0.717, 1.165) is 4.90 Å². The van der Waals surface area contributed by atoms with Crippen molar-refractivity contribution in [2.24, 2.45) is 0 Å². The third kappa shape index (κ3) is 2.61. The Labute approximate surface area is 108 Å². The number of benzene rings is 1. The Morgan fingerprint density at radius 3 is 2.56 bits per heavy atom. The summed E-state index contributed by atoms with van der Waals surface area (Å²) < 4.78 is 0. The summed E-state index contributed by atoms with van der Waals surface area (Å²) in [5, 5.41) is 1.76. The predicted octanol–water partition coefficient (Wildman–Crippen LogP) is 4.12. The number of anilines is 1. The highest BCUT2D eigenvalue weighted by Gasteiger charge is 2.07. The van der Waals surface area contributed by atoms with E-state index in [-0.39, 0.29) is 0 Å². The smallest absolute Gasteiger partial charge is 0.130 e. The minimum absolute atomic E-state index is 0.420. The number of hydrogen-bond donors (Lipinski definition) is 1. The van der Waals surface area contributed by atoms with Crippen LogP contribution in [0.2, 0.25) is 10.2 Å². The van der Waals surface area contributed by atoms with Crippen LogP contribution in [-0.2, 0) is 0 Å². The van der Waals surface area contributed by atoms with E-state index < -0.39 is 0 Å². The van der Waals surface area contributed by atoms with E-state index in [0.29, 0.717) is 20.9 Å². The van der Waals surface area contributed by atoms with Gasteiger partial charge in [0.15, 0.2) is 0 Å². The molecule has 1 aromatic heterocycles. The van der Waals surface area contributed by atoms with Crippen LogP contribution in [0.15, 0.2) is 46.3 Å². The SMILES string of the molecule is Nc1ccc(Cl)nc1Sc1ccccc1Cl. The summed E-state index contributed by atoms with van der Waals surface area (Å²) in [5.74, 6) is 0. The van der Waals surface area contributed by atoms with E-state index in [4.69, 9.17) is 28.9 Å². The standard InChI is InChI=1S/C11H8Cl2N2S/c12-7-3-1-2-4-9(7)16-11-8(14)5-6-10(13)15-11/h1-6H,14H2. The van der Waals surface area contributed by atoms with Gasteiger partial charge in [-0.2, -0.15) is 0 Å². The van der Waals surface area contributed by atoms with E-state index in [1.807, 2.05) is 24.3 Å². The van der Waals surface area contributed by atoms with Gasteiger partial charge < -0.3 is 5.73 Å². The van der Waals surface area contributed by atoms with Crippen LogP contribution in [0.4, 0.5) is 5.69 Å². The molecule has 0 unspecified atom stereocenters. The lowest BCUT2D eigenvalue weighted by Gasteiger charge is -2.05. The molecule has 0 saturated heterocycles. The fraction of sp³-hybridized carbons (Fsp3) is 0. The molecule has 0 aliphatic heterocycles. The lowest BCUT2D eigenvalue weighted by molar-refractivity contribution is 1.14. The van der Waals surface area contributed by atoms with Crippen LogP contribution in [0.3, 0.4) is 0 Å². The summed E-state index contributed by atoms with van der Waals surface area (Å²) in [6, 6.07) is 10.9. The van der Waals surface area contributed by atoms with Crippen LogP contribution in [0, 0.1) is 0 Å². The molecule has 82 valence electrons. The Morgan fingerprint density at radius 1 is 1.06 bits per heavy atom. The first-order valence-corrected chi connectivity index (χ1v) is 6.08. The molecule has 2 rings (SSSR count). The first-order chi connectivity index (χ1) is 7.66. The summed E-state index contributed by atoms with van der Waals surface area (Å²) in [4.78, 5) is 5.06. The molecule has 2 aromatic rings. The number of hydrogen-bond acceptors (Lipinski definition) is 3. The molecule has 0 aliphatic carbocycles. The quantitative estimate of drug-likeness (QED) is 0.835. The van der Waals surface area contributed by atoms with Gasteiger partial charge in [0.25, 0.3) is 0 Å². The van der Waals surface area contributed by atoms with E-state index in [1.165, 1.54) is 11.8 Å². The Bertz CT molecular complexity index is 517. The summed E-state index contributed by atoms with van der Waals surface area (Å²) in [6.45, 7) is 0. The van der Waals surface area contributed by atoms with Crippen LogP contribution in [-0.4, -0.2) is 4.98 Å². The van der Waals surface area contributed by atoms with Crippen molar-refractivity contribution in [2.75, 3.05) is 5.73 Å². The molecule has 16 heavy (non-hydrogen) atoms. The molecule has 0 radical (unpaired) electrons. The van der Waals surface area contributed by atoms with Crippen molar-refractivity contribution < 1.29 is 0 Å². The molecule has 2 nitrogen and oxygen atoms in total. The van der Waals surface area contributed by atoms with E-state index in [1.54, 1.807) is 12.1 Å². The second-order valence-corrected chi connectivity index (χ2v) is 4.89. The van der Waals surface area contributed by atoms with Crippen molar-refractivity contribution in [3.8, 4) is 0 Å². The molecular weight excluding hydrogens is 263 g/mol. The summed E-state index contributed by atoms with van der Waals surface area (Å²) in [7, 11) is 0. The van der Waals surface area contributed by atoms with Crippen LogP contribution < -0.4 is 5.73 Å². The molecule has 0 amide bonds. The average molecular weight is 271 g/mol. The van der Waals surface area contributed by atoms with Gasteiger partial charge in [0.1, 0.15) is 10.2 Å². The average Bonchev–Trinajstić information content (AvgIpc) is 2.27. The third-order valence-electron chi connectivity index (χ3n) is 1.90. The first kappa shape index (κ1) is 11.6. The van der Waals surface area contributed by atoms with Crippen molar-refractivity contribution in [1.29, 1.82) is 0 Å². The van der Waals surface area contributed by atoms with Gasteiger partial charge in [-0.1, -0.05) is 47.1 Å². The molecule has 1 heterocycles. The maximum absolute atomic E-state index is 6.04. The summed E-state index contributed by atoms with van der Waals surface area (Å²) in [5.41, 5.74) is 6.39. The van der Waals surface area contributed by atoms with Crippen LogP contribution in [0.25, 0.3) is 0 Å². The summed E-state index contributed by atoms with van der Waals surface area (Å²) in [6.07, 6.45) is 0. The Balaban J connectivity index is 2.34. The van der Waals surface area contributed by atoms with Crippen molar-refractivity contribution in [2.45, 2.75) is 9.92 Å². The van der Waals surface area contributed by atoms with Crippen molar-refractivity contribution >= 4 is 40.7 Å². The third-order valence-corrected chi connectivity index (χ3v) is 3.65. The number of aromatic nitrogens is 1. The van der Waals surface area contributed by atoms with Gasteiger partial charge in [-0.15, -0.1) is 0 Å². The molecular formula is C11H8Cl2N2S. The van der Waals surface area contributed by atoms with Gasteiger partial charge >= 0.3 is 0 Å². The molecule has 1 aromatic carbocycles. The lowest BCUT2D eigenvalue weighted by atomic mass is 10.4. The first-order valence-electron chi connectivity index (χ1n) is 4.51. The number of pyridine rings is 1. The highest BCUT2D eigenvalue weighted by atomic mass is 35.5. The van der Waals surface area contributed by atoms with Gasteiger partial charge in [-0.25, -0.2) is 4.98 Å². The van der Waals surface area contributed by atoms with Gasteiger partial charge in [-0.3, -0.25) is 0 Å². The number of rotatable bonds is 2. The fourth-order valence-corrected chi connectivity index (χ4v) is 2.44. The number of nitrogen functional groups attached to an aromatic ring is 1. The van der Waals surface area contributed by atoms with Gasteiger partial charge in [0.05, 0.1) is 10.7 Å². The second-order valence-electron chi connectivity index (χ2n) is 3.06. The molecule has 5 heteroatoms. The number of halogens is 2. The zero-order valence-electron chi connectivity index (χ0n) is 8.15. The Kier molecular flexibility index (Phi) is 3.59. The van der Waals surface area contributed by atoms with Crippen LogP contribution in [0.1, 0.15) is 0 Å². The summed E-state index contributed by atoms with van der Waals surface area (Å²) >= 11 is 13.3.